The number of hydrogen-bond donors (Lipinski definition) is 0. The highest BCUT2D eigenvalue weighted by atomic mass is 16.6. The number of hydrogen-bond acceptors (Lipinski definition) is 4. The van der Waals surface area contributed by atoms with Crippen molar-refractivity contribution in [1.82, 2.24) is 4.90 Å². The van der Waals surface area contributed by atoms with Crippen LogP contribution in [0.5, 0.6) is 0 Å². The Morgan fingerprint density at radius 1 is 1.24 bits per heavy atom. The summed E-state index contributed by atoms with van der Waals surface area (Å²) in [6.45, 7) is 6.74. The third kappa shape index (κ3) is 3.12. The van der Waals surface area contributed by atoms with Crippen molar-refractivity contribution in [3.05, 3.63) is 35.4 Å². The Morgan fingerprint density at radius 2 is 1.86 bits per heavy atom. The van der Waals surface area contributed by atoms with Gasteiger partial charge in [0, 0.05) is 5.56 Å². The zero-order chi connectivity index (χ0) is 15.8. The average molecular weight is 289 g/mol. The van der Waals surface area contributed by atoms with Gasteiger partial charge in [-0.15, -0.1) is 0 Å². The van der Waals surface area contributed by atoms with E-state index in [-0.39, 0.29) is 12.3 Å². The molecule has 2 amide bonds. The molecule has 1 aliphatic rings. The van der Waals surface area contributed by atoms with E-state index in [1.54, 1.807) is 45.0 Å². The van der Waals surface area contributed by atoms with Gasteiger partial charge in [-0.05, 0) is 39.3 Å². The summed E-state index contributed by atoms with van der Waals surface area (Å²) in [4.78, 5) is 37.7. The Kier molecular flexibility index (Phi) is 3.85. The molecule has 21 heavy (non-hydrogen) atoms. The van der Waals surface area contributed by atoms with Gasteiger partial charge in [0.25, 0.3) is 5.91 Å². The molecule has 5 nitrogen and oxygen atoms in total. The van der Waals surface area contributed by atoms with Crippen LogP contribution >= 0.6 is 0 Å². The van der Waals surface area contributed by atoms with Crippen LogP contribution < -0.4 is 0 Å². The average Bonchev–Trinajstić information content (AvgIpc) is 2.36. The first kappa shape index (κ1) is 15.2. The van der Waals surface area contributed by atoms with E-state index in [1.165, 1.54) is 6.92 Å². The second-order valence-electron chi connectivity index (χ2n) is 6.11. The van der Waals surface area contributed by atoms with Crippen molar-refractivity contribution in [1.29, 1.82) is 0 Å². The number of carbonyl (C=O) groups excluding carboxylic acids is 3. The summed E-state index contributed by atoms with van der Waals surface area (Å²) in [7, 11) is 0. The topological polar surface area (TPSA) is 63.7 Å². The Hall–Kier alpha value is -2.17. The fourth-order valence-electron chi connectivity index (χ4n) is 2.26. The molecular weight excluding hydrogens is 270 g/mol. The molecule has 0 aromatic heterocycles. The van der Waals surface area contributed by atoms with Crippen molar-refractivity contribution in [2.45, 2.75) is 45.8 Å². The second-order valence-corrected chi connectivity index (χ2v) is 6.11. The summed E-state index contributed by atoms with van der Waals surface area (Å²) in [5, 5.41) is 0. The molecule has 2 rings (SSSR count). The van der Waals surface area contributed by atoms with Gasteiger partial charge in [-0.3, -0.25) is 14.5 Å². The lowest BCUT2D eigenvalue weighted by Gasteiger charge is -2.32. The molecule has 1 heterocycles. The number of rotatable bonds is 2. The summed E-state index contributed by atoms with van der Waals surface area (Å²) >= 11 is 0. The summed E-state index contributed by atoms with van der Waals surface area (Å²) in [5.41, 5.74) is 0.498. The van der Waals surface area contributed by atoms with Crippen LogP contribution in [0.1, 0.15) is 43.6 Å². The monoisotopic (exact) mass is 289 g/mol. The van der Waals surface area contributed by atoms with Gasteiger partial charge < -0.3 is 4.74 Å². The van der Waals surface area contributed by atoms with Gasteiger partial charge in [0.2, 0.25) is 5.91 Å². The van der Waals surface area contributed by atoms with Crippen molar-refractivity contribution in [2.75, 3.05) is 0 Å². The largest absolute Gasteiger partial charge is 0.458 e. The van der Waals surface area contributed by atoms with Crippen LogP contribution in [0, 0.1) is 0 Å². The molecule has 0 saturated heterocycles. The van der Waals surface area contributed by atoms with E-state index < -0.39 is 23.5 Å². The second kappa shape index (κ2) is 5.31. The minimum atomic E-state index is -0.933. The fourth-order valence-corrected chi connectivity index (χ4v) is 2.26. The molecule has 1 aromatic rings. The minimum absolute atomic E-state index is 0.120. The van der Waals surface area contributed by atoms with Crippen LogP contribution in [0.25, 0.3) is 0 Å². The van der Waals surface area contributed by atoms with Crippen LogP contribution in [0.4, 0.5) is 0 Å². The molecular formula is C16H19NO4. The lowest BCUT2D eigenvalue weighted by Crippen LogP contribution is -2.51. The number of esters is 1. The van der Waals surface area contributed by atoms with E-state index in [4.69, 9.17) is 4.74 Å². The van der Waals surface area contributed by atoms with E-state index >= 15 is 0 Å². The van der Waals surface area contributed by atoms with Crippen LogP contribution in [0.2, 0.25) is 0 Å². The van der Waals surface area contributed by atoms with E-state index in [2.05, 4.69) is 0 Å². The first-order chi connectivity index (χ1) is 9.70. The standard InChI is InChI=1S/C16H19NO4/c1-10(15(20)21-16(2,3)4)17-13(18)9-11-7-5-6-8-12(11)14(17)19/h5-8,10H,9H2,1-4H3. The molecule has 0 radical (unpaired) electrons. The molecule has 0 aliphatic carbocycles. The third-order valence-corrected chi connectivity index (χ3v) is 3.21. The van der Waals surface area contributed by atoms with Crippen molar-refractivity contribution < 1.29 is 19.1 Å². The zero-order valence-electron chi connectivity index (χ0n) is 12.7. The van der Waals surface area contributed by atoms with Gasteiger partial charge >= 0.3 is 5.97 Å². The molecule has 112 valence electrons. The van der Waals surface area contributed by atoms with Crippen LogP contribution in [-0.2, 0) is 20.7 Å². The summed E-state index contributed by atoms with van der Waals surface area (Å²) in [5.74, 6) is -1.40. The van der Waals surface area contributed by atoms with E-state index in [9.17, 15) is 14.4 Å². The molecule has 0 N–H and O–H groups in total. The molecule has 0 spiro atoms. The zero-order valence-corrected chi connectivity index (χ0v) is 12.7. The Bertz CT molecular complexity index is 601. The molecule has 0 bridgehead atoms. The molecule has 1 aliphatic heterocycles. The smallest absolute Gasteiger partial charge is 0.329 e. The number of carbonyl (C=O) groups is 3. The Balaban J connectivity index is 2.26. The maximum Gasteiger partial charge on any atom is 0.329 e. The predicted molar refractivity (Wildman–Crippen MR) is 76.6 cm³/mol. The molecule has 1 unspecified atom stereocenters. The van der Waals surface area contributed by atoms with Gasteiger partial charge in [-0.1, -0.05) is 18.2 Å². The highest BCUT2D eigenvalue weighted by Crippen LogP contribution is 2.22. The van der Waals surface area contributed by atoms with Gasteiger partial charge in [-0.2, -0.15) is 0 Å². The quantitative estimate of drug-likeness (QED) is 0.616. The van der Waals surface area contributed by atoms with E-state index in [0.717, 1.165) is 4.90 Å². The molecule has 5 heteroatoms. The molecule has 0 saturated carbocycles. The molecule has 1 aromatic carbocycles. The maximum atomic E-state index is 12.4. The maximum absolute atomic E-state index is 12.4. The first-order valence-corrected chi connectivity index (χ1v) is 6.88. The van der Waals surface area contributed by atoms with E-state index in [1.807, 2.05) is 0 Å². The minimum Gasteiger partial charge on any atom is -0.458 e. The predicted octanol–water partition coefficient (Wildman–Crippen LogP) is 1.94. The number of nitrogens with zero attached hydrogens (tertiary/aromatic N) is 1. The van der Waals surface area contributed by atoms with Crippen LogP contribution in [0.3, 0.4) is 0 Å². The van der Waals surface area contributed by atoms with Gasteiger partial charge in [-0.25, -0.2) is 4.79 Å². The van der Waals surface area contributed by atoms with Crippen molar-refractivity contribution >= 4 is 17.8 Å². The van der Waals surface area contributed by atoms with E-state index in [0.29, 0.717) is 11.1 Å². The highest BCUT2D eigenvalue weighted by Gasteiger charge is 2.38. The number of benzene rings is 1. The van der Waals surface area contributed by atoms with Crippen LogP contribution in [-0.4, -0.2) is 34.3 Å². The molecule has 1 atom stereocenters. The SMILES string of the molecule is CC(C(=O)OC(C)(C)C)N1C(=O)Cc2ccccc2C1=O. The number of ether oxygens (including phenoxy) is 1. The Labute approximate surface area is 123 Å². The van der Waals surface area contributed by atoms with Crippen molar-refractivity contribution in [2.24, 2.45) is 0 Å². The fraction of sp³-hybridized carbons (Fsp3) is 0.438. The summed E-state index contributed by atoms with van der Waals surface area (Å²) in [6, 6.07) is 6.01. The van der Waals surface area contributed by atoms with Gasteiger partial charge in [0.15, 0.2) is 0 Å². The number of amides is 2. The third-order valence-electron chi connectivity index (χ3n) is 3.21. The summed E-state index contributed by atoms with van der Waals surface area (Å²) in [6.07, 6.45) is 0.120. The highest BCUT2D eigenvalue weighted by molar-refractivity contribution is 6.11. The van der Waals surface area contributed by atoms with Crippen LogP contribution in [0.15, 0.2) is 24.3 Å². The number of imide groups is 1. The van der Waals surface area contributed by atoms with Gasteiger partial charge in [0.1, 0.15) is 11.6 Å². The lowest BCUT2D eigenvalue weighted by molar-refractivity contribution is -0.162. The van der Waals surface area contributed by atoms with Crippen molar-refractivity contribution in [3.63, 3.8) is 0 Å². The number of fused-ring (bicyclic) bond motifs is 1. The normalized spacial score (nSPS) is 16.5. The molecule has 0 fully saturated rings. The summed E-state index contributed by atoms with van der Waals surface area (Å²) < 4.78 is 5.25. The Morgan fingerprint density at radius 3 is 2.48 bits per heavy atom. The first-order valence-electron chi connectivity index (χ1n) is 6.88. The van der Waals surface area contributed by atoms with Crippen molar-refractivity contribution in [3.8, 4) is 0 Å². The van der Waals surface area contributed by atoms with Gasteiger partial charge in [0.05, 0.1) is 6.42 Å². The lowest BCUT2D eigenvalue weighted by atomic mass is 9.97.